The van der Waals surface area contributed by atoms with Gasteiger partial charge in [-0.2, -0.15) is 0 Å². The number of hydrogen-bond acceptors (Lipinski definition) is 4. The number of carbonyl (C=O) groups is 1. The first kappa shape index (κ1) is 17.3. The van der Waals surface area contributed by atoms with E-state index < -0.39 is 17.5 Å². The summed E-state index contributed by atoms with van der Waals surface area (Å²) in [4.78, 5) is 20.7. The van der Waals surface area contributed by atoms with E-state index in [2.05, 4.69) is 20.6 Å². The van der Waals surface area contributed by atoms with Crippen molar-refractivity contribution in [2.75, 3.05) is 10.6 Å². The molecule has 0 unspecified atom stereocenters. The molecule has 0 radical (unpaired) electrons. The second-order valence-electron chi connectivity index (χ2n) is 6.18. The van der Waals surface area contributed by atoms with Crippen LogP contribution in [0.1, 0.15) is 49.0 Å². The zero-order chi connectivity index (χ0) is 17.6. The third-order valence-electron chi connectivity index (χ3n) is 4.25. The fraction of sp³-hybridized carbons (Fsp3) is 0.389. The fourth-order valence-electron chi connectivity index (χ4n) is 2.93. The SMILES string of the molecule is O=C(Nc1ccc(F)c(F)c1)c1ccnc(NC2CCCCCC2)n1. The van der Waals surface area contributed by atoms with E-state index in [4.69, 9.17) is 0 Å². The van der Waals surface area contributed by atoms with Gasteiger partial charge in [-0.05, 0) is 31.0 Å². The van der Waals surface area contributed by atoms with Crippen LogP contribution in [0.5, 0.6) is 0 Å². The summed E-state index contributed by atoms with van der Waals surface area (Å²) in [6.07, 6.45) is 8.48. The maximum atomic E-state index is 13.2. The Morgan fingerprint density at radius 2 is 1.80 bits per heavy atom. The molecule has 3 rings (SSSR count). The van der Waals surface area contributed by atoms with Crippen LogP contribution in [0.3, 0.4) is 0 Å². The van der Waals surface area contributed by atoms with Gasteiger partial charge in [0.25, 0.3) is 5.91 Å². The summed E-state index contributed by atoms with van der Waals surface area (Å²) < 4.78 is 26.2. The highest BCUT2D eigenvalue weighted by Gasteiger charge is 2.15. The van der Waals surface area contributed by atoms with Gasteiger partial charge in [0.15, 0.2) is 11.6 Å². The average molecular weight is 346 g/mol. The molecule has 2 aromatic rings. The van der Waals surface area contributed by atoms with Crippen molar-refractivity contribution in [3.05, 3.63) is 47.8 Å². The first-order valence-corrected chi connectivity index (χ1v) is 8.48. The number of nitrogens with one attached hydrogen (secondary N) is 2. The van der Waals surface area contributed by atoms with Crippen LogP contribution >= 0.6 is 0 Å². The van der Waals surface area contributed by atoms with Crippen LogP contribution in [0.4, 0.5) is 20.4 Å². The van der Waals surface area contributed by atoms with Gasteiger partial charge in [-0.1, -0.05) is 25.7 Å². The molecule has 1 heterocycles. The van der Waals surface area contributed by atoms with Crippen LogP contribution in [-0.2, 0) is 0 Å². The summed E-state index contributed by atoms with van der Waals surface area (Å²) in [6.45, 7) is 0. The molecule has 5 nitrogen and oxygen atoms in total. The predicted octanol–water partition coefficient (Wildman–Crippen LogP) is 4.14. The maximum Gasteiger partial charge on any atom is 0.274 e. The molecule has 1 fully saturated rings. The van der Waals surface area contributed by atoms with E-state index in [-0.39, 0.29) is 11.4 Å². The van der Waals surface area contributed by atoms with E-state index in [9.17, 15) is 13.6 Å². The Balaban J connectivity index is 1.67. The smallest absolute Gasteiger partial charge is 0.274 e. The van der Waals surface area contributed by atoms with Gasteiger partial charge in [-0.3, -0.25) is 4.79 Å². The molecule has 2 N–H and O–H groups in total. The zero-order valence-corrected chi connectivity index (χ0v) is 13.8. The predicted molar refractivity (Wildman–Crippen MR) is 91.5 cm³/mol. The molecule has 1 saturated carbocycles. The third kappa shape index (κ3) is 4.71. The summed E-state index contributed by atoms with van der Waals surface area (Å²) >= 11 is 0. The van der Waals surface area contributed by atoms with E-state index in [0.717, 1.165) is 25.0 Å². The lowest BCUT2D eigenvalue weighted by Gasteiger charge is -2.16. The maximum absolute atomic E-state index is 13.2. The Morgan fingerprint density at radius 1 is 1.04 bits per heavy atom. The van der Waals surface area contributed by atoms with E-state index in [1.807, 2.05) is 0 Å². The van der Waals surface area contributed by atoms with E-state index in [1.165, 1.54) is 44.0 Å². The molecule has 132 valence electrons. The van der Waals surface area contributed by atoms with E-state index in [1.54, 1.807) is 0 Å². The molecule has 0 bridgehead atoms. The molecule has 25 heavy (non-hydrogen) atoms. The Bertz CT molecular complexity index is 746. The van der Waals surface area contributed by atoms with Gasteiger partial charge < -0.3 is 10.6 Å². The number of nitrogens with zero attached hydrogens (tertiary/aromatic N) is 2. The number of hydrogen-bond donors (Lipinski definition) is 2. The third-order valence-corrected chi connectivity index (χ3v) is 4.25. The van der Waals surface area contributed by atoms with Crippen molar-refractivity contribution in [2.45, 2.75) is 44.6 Å². The van der Waals surface area contributed by atoms with Crippen molar-refractivity contribution >= 4 is 17.5 Å². The fourth-order valence-corrected chi connectivity index (χ4v) is 2.93. The van der Waals surface area contributed by atoms with Crippen molar-refractivity contribution in [1.82, 2.24) is 9.97 Å². The summed E-state index contributed by atoms with van der Waals surface area (Å²) in [5.74, 6) is -2.08. The van der Waals surface area contributed by atoms with Gasteiger partial charge in [-0.25, -0.2) is 18.7 Å². The van der Waals surface area contributed by atoms with Crippen LogP contribution in [-0.4, -0.2) is 21.9 Å². The number of benzene rings is 1. The lowest BCUT2D eigenvalue weighted by molar-refractivity contribution is 0.102. The normalized spacial score (nSPS) is 15.4. The number of anilines is 2. The second kappa shape index (κ2) is 8.00. The Labute approximate surface area is 144 Å². The first-order valence-electron chi connectivity index (χ1n) is 8.48. The van der Waals surface area contributed by atoms with Crippen LogP contribution in [0.2, 0.25) is 0 Å². The minimum Gasteiger partial charge on any atom is -0.351 e. The number of rotatable bonds is 4. The molecule has 0 spiro atoms. The molecule has 1 aliphatic rings. The van der Waals surface area contributed by atoms with E-state index in [0.29, 0.717) is 12.0 Å². The van der Waals surface area contributed by atoms with Crippen molar-refractivity contribution in [2.24, 2.45) is 0 Å². The van der Waals surface area contributed by atoms with Crippen LogP contribution in [0, 0.1) is 11.6 Å². The lowest BCUT2D eigenvalue weighted by Crippen LogP contribution is -2.21. The number of aromatic nitrogens is 2. The van der Waals surface area contributed by atoms with Crippen LogP contribution < -0.4 is 10.6 Å². The highest BCUT2D eigenvalue weighted by molar-refractivity contribution is 6.02. The largest absolute Gasteiger partial charge is 0.351 e. The van der Waals surface area contributed by atoms with Crippen molar-refractivity contribution < 1.29 is 13.6 Å². The summed E-state index contributed by atoms with van der Waals surface area (Å²) in [6, 6.07) is 4.98. The highest BCUT2D eigenvalue weighted by atomic mass is 19.2. The zero-order valence-electron chi connectivity index (χ0n) is 13.8. The number of carbonyl (C=O) groups excluding carboxylic acids is 1. The average Bonchev–Trinajstić information content (AvgIpc) is 2.87. The molecule has 0 atom stereocenters. The monoisotopic (exact) mass is 346 g/mol. The Kier molecular flexibility index (Phi) is 5.53. The van der Waals surface area contributed by atoms with Crippen molar-refractivity contribution in [3.8, 4) is 0 Å². The van der Waals surface area contributed by atoms with E-state index >= 15 is 0 Å². The van der Waals surface area contributed by atoms with Gasteiger partial charge >= 0.3 is 0 Å². The Hall–Kier alpha value is -2.57. The molecular formula is C18H20F2N4O. The van der Waals surface area contributed by atoms with Gasteiger partial charge in [0, 0.05) is 24.0 Å². The van der Waals surface area contributed by atoms with Gasteiger partial charge in [-0.15, -0.1) is 0 Å². The van der Waals surface area contributed by atoms with Gasteiger partial charge in [0.1, 0.15) is 5.69 Å². The minimum atomic E-state index is -1.02. The molecule has 0 aliphatic heterocycles. The first-order chi connectivity index (χ1) is 12.1. The molecule has 7 heteroatoms. The highest BCUT2D eigenvalue weighted by Crippen LogP contribution is 2.20. The number of halogens is 2. The molecule has 1 aliphatic carbocycles. The van der Waals surface area contributed by atoms with Crippen molar-refractivity contribution in [3.63, 3.8) is 0 Å². The van der Waals surface area contributed by atoms with Gasteiger partial charge in [0.2, 0.25) is 5.95 Å². The minimum absolute atomic E-state index is 0.163. The molecule has 1 aromatic carbocycles. The van der Waals surface area contributed by atoms with Crippen LogP contribution in [0.25, 0.3) is 0 Å². The standard InChI is InChI=1S/C18H20F2N4O/c19-14-8-7-13(11-15(14)20)22-17(25)16-9-10-21-18(24-16)23-12-5-3-1-2-4-6-12/h7-12H,1-6H2,(H,22,25)(H,21,23,24). The Morgan fingerprint density at radius 3 is 2.52 bits per heavy atom. The molecule has 0 saturated heterocycles. The topological polar surface area (TPSA) is 66.9 Å². The molecule has 1 amide bonds. The quantitative estimate of drug-likeness (QED) is 0.817. The van der Waals surface area contributed by atoms with Crippen molar-refractivity contribution in [1.29, 1.82) is 0 Å². The molecule has 1 aromatic heterocycles. The summed E-state index contributed by atoms with van der Waals surface area (Å²) in [7, 11) is 0. The lowest BCUT2D eigenvalue weighted by atomic mass is 10.1. The number of amides is 1. The van der Waals surface area contributed by atoms with Crippen LogP contribution in [0.15, 0.2) is 30.5 Å². The summed E-state index contributed by atoms with van der Waals surface area (Å²) in [5.41, 5.74) is 0.330. The second-order valence-corrected chi connectivity index (χ2v) is 6.18. The molecular weight excluding hydrogens is 326 g/mol. The van der Waals surface area contributed by atoms with Gasteiger partial charge in [0.05, 0.1) is 0 Å². The summed E-state index contributed by atoms with van der Waals surface area (Å²) in [5, 5.41) is 5.79.